The molecule has 0 bridgehead atoms. The van der Waals surface area contributed by atoms with Gasteiger partial charge in [-0.2, -0.15) is 0 Å². The maximum atomic E-state index is 13.2. The number of hydrogen-bond acceptors (Lipinski definition) is 5. The van der Waals surface area contributed by atoms with Crippen molar-refractivity contribution in [1.29, 1.82) is 0 Å². The molecule has 2 aliphatic carbocycles. The Morgan fingerprint density at radius 1 is 1.12 bits per heavy atom. The number of urea groups is 1. The first-order chi connectivity index (χ1) is 15.9. The Morgan fingerprint density at radius 3 is 2.38 bits per heavy atom. The number of nitrogens with one attached hydrogen (secondary N) is 2. The molecule has 8 nitrogen and oxygen atoms in total. The largest absolute Gasteiger partial charge is 0.325 e. The molecular formula is C25H35N3O5S. The molecule has 4 amide bonds. The fraction of sp³-hybridized carbons (Fsp3) is 0.640. The van der Waals surface area contributed by atoms with E-state index in [1.807, 2.05) is 0 Å². The second-order valence-corrected chi connectivity index (χ2v) is 13.3. The van der Waals surface area contributed by atoms with Crippen LogP contribution in [0.1, 0.15) is 72.1 Å². The number of benzene rings is 1. The van der Waals surface area contributed by atoms with Crippen LogP contribution in [-0.2, 0) is 19.4 Å². The molecule has 1 aromatic rings. The summed E-state index contributed by atoms with van der Waals surface area (Å²) in [4.78, 5) is 39.6. The zero-order valence-electron chi connectivity index (χ0n) is 20.2. The molecule has 1 spiro atoms. The molecule has 0 aromatic heterocycles. The third kappa shape index (κ3) is 4.72. The Morgan fingerprint density at radius 2 is 1.76 bits per heavy atom. The van der Waals surface area contributed by atoms with E-state index >= 15 is 0 Å². The number of amides is 4. The molecule has 9 heteroatoms. The summed E-state index contributed by atoms with van der Waals surface area (Å²) in [6.45, 7) is 6.16. The maximum Gasteiger partial charge on any atom is 0.325 e. The summed E-state index contributed by atoms with van der Waals surface area (Å²) in [5.41, 5.74) is -0.447. The highest BCUT2D eigenvalue weighted by molar-refractivity contribution is 7.92. The molecule has 1 saturated heterocycles. The van der Waals surface area contributed by atoms with Crippen LogP contribution in [-0.4, -0.2) is 48.5 Å². The number of nitrogens with zero attached hydrogens (tertiary/aromatic N) is 1. The van der Waals surface area contributed by atoms with Gasteiger partial charge in [0.2, 0.25) is 5.91 Å². The van der Waals surface area contributed by atoms with E-state index in [0.29, 0.717) is 37.3 Å². The molecule has 2 N–H and O–H groups in total. The van der Waals surface area contributed by atoms with E-state index in [-0.39, 0.29) is 21.5 Å². The second-order valence-electron chi connectivity index (χ2n) is 11.1. The predicted molar refractivity (Wildman–Crippen MR) is 129 cm³/mol. The van der Waals surface area contributed by atoms with Crippen molar-refractivity contribution in [2.45, 2.75) is 87.8 Å². The van der Waals surface area contributed by atoms with Crippen LogP contribution in [0.4, 0.5) is 10.5 Å². The van der Waals surface area contributed by atoms with Gasteiger partial charge in [0, 0.05) is 5.69 Å². The Hall–Kier alpha value is -2.42. The number of hydrogen-bond donors (Lipinski definition) is 2. The molecule has 1 aliphatic heterocycles. The summed E-state index contributed by atoms with van der Waals surface area (Å²) in [5.74, 6) is -0.412. The average Bonchev–Trinajstić information content (AvgIpc) is 3.39. The monoisotopic (exact) mass is 489 g/mol. The molecule has 0 atom stereocenters. The van der Waals surface area contributed by atoms with E-state index in [9.17, 15) is 22.8 Å². The van der Waals surface area contributed by atoms with Gasteiger partial charge in [0.05, 0.1) is 10.1 Å². The van der Waals surface area contributed by atoms with Crippen LogP contribution < -0.4 is 10.6 Å². The highest BCUT2D eigenvalue weighted by Crippen LogP contribution is 2.43. The molecular weight excluding hydrogens is 454 g/mol. The zero-order valence-corrected chi connectivity index (χ0v) is 21.0. The van der Waals surface area contributed by atoms with E-state index in [4.69, 9.17) is 0 Å². The fourth-order valence-corrected chi connectivity index (χ4v) is 7.52. The van der Waals surface area contributed by atoms with Crippen molar-refractivity contribution in [2.24, 2.45) is 11.3 Å². The van der Waals surface area contributed by atoms with Crippen LogP contribution in [0.15, 0.2) is 29.2 Å². The van der Waals surface area contributed by atoms with Crippen LogP contribution in [0.5, 0.6) is 0 Å². The van der Waals surface area contributed by atoms with Crippen molar-refractivity contribution < 1.29 is 22.8 Å². The quantitative estimate of drug-likeness (QED) is 0.610. The van der Waals surface area contributed by atoms with E-state index in [2.05, 4.69) is 31.4 Å². The summed E-state index contributed by atoms with van der Waals surface area (Å²) in [5, 5.41) is 5.12. The lowest BCUT2D eigenvalue weighted by atomic mass is 9.67. The third-order valence-corrected chi connectivity index (χ3v) is 10.1. The van der Waals surface area contributed by atoms with Gasteiger partial charge in [-0.1, -0.05) is 39.7 Å². The second kappa shape index (κ2) is 8.98. The van der Waals surface area contributed by atoms with Gasteiger partial charge in [-0.25, -0.2) is 13.2 Å². The fourth-order valence-electron chi connectivity index (χ4n) is 5.62. The first-order valence-corrected chi connectivity index (χ1v) is 13.7. The van der Waals surface area contributed by atoms with Crippen LogP contribution in [0.2, 0.25) is 0 Å². The van der Waals surface area contributed by atoms with E-state index in [1.165, 1.54) is 6.07 Å². The number of sulfone groups is 1. The minimum Gasteiger partial charge on any atom is -0.324 e. The minimum absolute atomic E-state index is 0.145. The first-order valence-electron chi connectivity index (χ1n) is 12.2. The van der Waals surface area contributed by atoms with E-state index in [1.54, 1.807) is 18.2 Å². The van der Waals surface area contributed by atoms with Gasteiger partial charge in [-0.15, -0.1) is 0 Å². The topological polar surface area (TPSA) is 113 Å². The molecule has 0 radical (unpaired) electrons. The predicted octanol–water partition coefficient (Wildman–Crippen LogP) is 3.87. The van der Waals surface area contributed by atoms with Gasteiger partial charge in [-0.3, -0.25) is 14.5 Å². The van der Waals surface area contributed by atoms with Gasteiger partial charge in [0.25, 0.3) is 5.91 Å². The number of imide groups is 1. The number of carbonyl (C=O) groups excluding carboxylic acids is 3. The first kappa shape index (κ1) is 24.7. The van der Waals surface area contributed by atoms with E-state index in [0.717, 1.165) is 30.6 Å². The molecule has 186 valence electrons. The summed E-state index contributed by atoms with van der Waals surface area (Å²) < 4.78 is 25.8. The summed E-state index contributed by atoms with van der Waals surface area (Å²) in [6.07, 6.45) is 5.95. The van der Waals surface area contributed by atoms with Gasteiger partial charge >= 0.3 is 6.03 Å². The molecule has 3 fully saturated rings. The number of anilines is 1. The van der Waals surface area contributed by atoms with Crippen molar-refractivity contribution >= 4 is 33.4 Å². The molecule has 3 aliphatic rings. The van der Waals surface area contributed by atoms with Crippen molar-refractivity contribution in [2.75, 3.05) is 11.9 Å². The van der Waals surface area contributed by atoms with E-state index < -0.39 is 33.9 Å². The normalized spacial score (nSPS) is 26.2. The molecule has 1 aromatic carbocycles. The molecule has 34 heavy (non-hydrogen) atoms. The highest BCUT2D eigenvalue weighted by atomic mass is 32.2. The lowest BCUT2D eigenvalue weighted by molar-refractivity contribution is -0.135. The van der Waals surface area contributed by atoms with Crippen LogP contribution in [0.25, 0.3) is 0 Å². The van der Waals surface area contributed by atoms with Crippen molar-refractivity contribution in [1.82, 2.24) is 10.2 Å². The molecule has 4 rings (SSSR count). The summed E-state index contributed by atoms with van der Waals surface area (Å²) in [7, 11) is -3.45. The molecule has 2 saturated carbocycles. The number of carbonyl (C=O) groups is 3. The Bertz CT molecular complexity index is 1080. The Labute approximate surface area is 201 Å². The van der Waals surface area contributed by atoms with Crippen LogP contribution >= 0.6 is 0 Å². The average molecular weight is 490 g/mol. The summed E-state index contributed by atoms with van der Waals surface area (Å²) in [6, 6.07) is 5.64. The minimum atomic E-state index is -3.45. The maximum absolute atomic E-state index is 13.2. The Kier molecular flexibility index (Phi) is 6.52. The lowest BCUT2D eigenvalue weighted by Gasteiger charge is -2.40. The van der Waals surface area contributed by atoms with Crippen molar-refractivity contribution in [3.05, 3.63) is 24.3 Å². The Balaban J connectivity index is 1.40. The smallest absolute Gasteiger partial charge is 0.324 e. The van der Waals surface area contributed by atoms with Crippen LogP contribution in [0, 0.1) is 11.3 Å². The van der Waals surface area contributed by atoms with Gasteiger partial charge in [-0.05, 0) is 68.1 Å². The van der Waals surface area contributed by atoms with Crippen molar-refractivity contribution in [3.8, 4) is 0 Å². The standard InChI is InChI=1S/C25H35N3O5S/c1-24(2,3)17-11-13-25(14-12-17)22(30)28(23(31)27-25)16-21(29)26-18-7-6-10-20(15-18)34(32,33)19-8-4-5-9-19/h6-7,10,15,17,19H,4-5,8-9,11-14,16H2,1-3H3,(H,26,29)(H,27,31). The third-order valence-electron chi connectivity index (χ3n) is 7.80. The molecule has 0 unspecified atom stereocenters. The van der Waals surface area contributed by atoms with Gasteiger partial charge in [0.15, 0.2) is 9.84 Å². The molecule has 1 heterocycles. The van der Waals surface area contributed by atoms with Gasteiger partial charge < -0.3 is 10.6 Å². The lowest BCUT2D eigenvalue weighted by Crippen LogP contribution is -2.50. The summed E-state index contributed by atoms with van der Waals surface area (Å²) >= 11 is 0. The van der Waals surface area contributed by atoms with Crippen LogP contribution in [0.3, 0.4) is 0 Å². The SMILES string of the molecule is CC(C)(C)C1CCC2(CC1)NC(=O)N(CC(=O)Nc1cccc(S(=O)(=O)C3CCCC3)c1)C2=O. The van der Waals surface area contributed by atoms with Crippen molar-refractivity contribution in [3.63, 3.8) is 0 Å². The van der Waals surface area contributed by atoms with Gasteiger partial charge in [0.1, 0.15) is 12.1 Å². The zero-order chi connectivity index (χ0) is 24.7. The highest BCUT2D eigenvalue weighted by Gasteiger charge is 2.53. The number of rotatable bonds is 5.